The summed E-state index contributed by atoms with van der Waals surface area (Å²) in [5.41, 5.74) is 2.18. The third kappa shape index (κ3) is 3.34. The molecule has 0 amide bonds. The highest BCUT2D eigenvalue weighted by Crippen LogP contribution is 2.19. The van der Waals surface area contributed by atoms with Gasteiger partial charge in [0.2, 0.25) is 0 Å². The molecule has 1 aromatic carbocycles. The van der Waals surface area contributed by atoms with Crippen molar-refractivity contribution in [3.8, 4) is 5.75 Å². The molecule has 100 valence electrons. The second kappa shape index (κ2) is 5.56. The molecular weight excluding hydrogens is 246 g/mol. The summed E-state index contributed by atoms with van der Waals surface area (Å²) in [6.45, 7) is 4.43. The Balaban J connectivity index is 1.90. The van der Waals surface area contributed by atoms with Crippen LogP contribution in [0.25, 0.3) is 0 Å². The maximum atomic E-state index is 10.6. The SMILES string of the molecule is Cc1ccc(OCCc2cc(C(=O)O)no2)c(C)c1. The highest BCUT2D eigenvalue weighted by Gasteiger charge is 2.10. The Morgan fingerprint density at radius 3 is 2.79 bits per heavy atom. The number of benzene rings is 1. The Morgan fingerprint density at radius 2 is 2.16 bits per heavy atom. The summed E-state index contributed by atoms with van der Waals surface area (Å²) >= 11 is 0. The van der Waals surface area contributed by atoms with Crippen LogP contribution in [0.3, 0.4) is 0 Å². The van der Waals surface area contributed by atoms with Crippen molar-refractivity contribution in [3.63, 3.8) is 0 Å². The number of hydrogen-bond donors (Lipinski definition) is 1. The van der Waals surface area contributed by atoms with E-state index in [1.54, 1.807) is 0 Å². The van der Waals surface area contributed by atoms with E-state index in [0.717, 1.165) is 11.3 Å². The lowest BCUT2D eigenvalue weighted by Crippen LogP contribution is -2.02. The van der Waals surface area contributed by atoms with Crippen molar-refractivity contribution in [2.75, 3.05) is 6.61 Å². The van der Waals surface area contributed by atoms with Crippen molar-refractivity contribution < 1.29 is 19.2 Å². The zero-order valence-corrected chi connectivity index (χ0v) is 10.8. The largest absolute Gasteiger partial charge is 0.493 e. The summed E-state index contributed by atoms with van der Waals surface area (Å²) in [5, 5.41) is 12.2. The number of hydrogen-bond acceptors (Lipinski definition) is 4. The van der Waals surface area contributed by atoms with Gasteiger partial charge in [0, 0.05) is 12.5 Å². The van der Waals surface area contributed by atoms with Crippen molar-refractivity contribution in [2.24, 2.45) is 0 Å². The van der Waals surface area contributed by atoms with Crippen molar-refractivity contribution in [1.29, 1.82) is 0 Å². The van der Waals surface area contributed by atoms with E-state index in [4.69, 9.17) is 14.4 Å². The quantitative estimate of drug-likeness (QED) is 0.895. The molecule has 0 spiro atoms. The van der Waals surface area contributed by atoms with Crippen LogP contribution < -0.4 is 4.74 Å². The van der Waals surface area contributed by atoms with Crippen LogP contribution in [-0.4, -0.2) is 22.8 Å². The summed E-state index contributed by atoms with van der Waals surface area (Å²) in [4.78, 5) is 10.6. The molecule has 0 atom stereocenters. The van der Waals surface area contributed by atoms with Crippen LogP contribution in [0, 0.1) is 13.8 Å². The molecule has 1 N–H and O–H groups in total. The molecule has 0 saturated heterocycles. The Kier molecular flexibility index (Phi) is 3.85. The van der Waals surface area contributed by atoms with Gasteiger partial charge in [0.15, 0.2) is 5.69 Å². The smallest absolute Gasteiger partial charge is 0.358 e. The number of nitrogens with zero attached hydrogens (tertiary/aromatic N) is 1. The van der Waals surface area contributed by atoms with Gasteiger partial charge < -0.3 is 14.4 Å². The lowest BCUT2D eigenvalue weighted by atomic mass is 10.1. The second-order valence-corrected chi connectivity index (χ2v) is 4.35. The first kappa shape index (κ1) is 13.1. The fourth-order valence-corrected chi connectivity index (χ4v) is 1.75. The molecule has 0 aliphatic rings. The van der Waals surface area contributed by atoms with Gasteiger partial charge in [0.05, 0.1) is 6.61 Å². The molecule has 0 aliphatic carbocycles. The van der Waals surface area contributed by atoms with Gasteiger partial charge in [-0.25, -0.2) is 4.79 Å². The normalized spacial score (nSPS) is 10.4. The fraction of sp³-hybridized carbons (Fsp3) is 0.286. The zero-order valence-electron chi connectivity index (χ0n) is 10.8. The van der Waals surface area contributed by atoms with Crippen LogP contribution >= 0.6 is 0 Å². The summed E-state index contributed by atoms with van der Waals surface area (Å²) in [6.07, 6.45) is 0.480. The molecule has 5 heteroatoms. The number of carboxylic acid groups (broad SMARTS) is 1. The Morgan fingerprint density at radius 1 is 1.37 bits per heavy atom. The van der Waals surface area contributed by atoms with E-state index in [1.165, 1.54) is 11.6 Å². The molecule has 0 aliphatic heterocycles. The first-order chi connectivity index (χ1) is 9.06. The van der Waals surface area contributed by atoms with Crippen LogP contribution in [0.4, 0.5) is 0 Å². The summed E-state index contributed by atoms with van der Waals surface area (Å²) < 4.78 is 10.5. The second-order valence-electron chi connectivity index (χ2n) is 4.35. The average molecular weight is 261 g/mol. The minimum Gasteiger partial charge on any atom is -0.493 e. The van der Waals surface area contributed by atoms with E-state index in [1.807, 2.05) is 32.0 Å². The van der Waals surface area contributed by atoms with Gasteiger partial charge in [-0.2, -0.15) is 0 Å². The van der Waals surface area contributed by atoms with Crippen molar-refractivity contribution in [2.45, 2.75) is 20.3 Å². The van der Waals surface area contributed by atoms with E-state index < -0.39 is 5.97 Å². The highest BCUT2D eigenvalue weighted by atomic mass is 16.5. The molecule has 0 radical (unpaired) electrons. The number of rotatable bonds is 5. The van der Waals surface area contributed by atoms with E-state index >= 15 is 0 Å². The van der Waals surface area contributed by atoms with E-state index in [-0.39, 0.29) is 5.69 Å². The van der Waals surface area contributed by atoms with Gasteiger partial charge in [-0.3, -0.25) is 0 Å². The molecule has 0 saturated carbocycles. The highest BCUT2D eigenvalue weighted by molar-refractivity contribution is 5.85. The molecule has 0 bridgehead atoms. The first-order valence-corrected chi connectivity index (χ1v) is 5.95. The molecular formula is C14H15NO4. The molecule has 0 unspecified atom stereocenters. The first-order valence-electron chi connectivity index (χ1n) is 5.95. The van der Waals surface area contributed by atoms with Gasteiger partial charge in [0.25, 0.3) is 0 Å². The van der Waals surface area contributed by atoms with E-state index in [2.05, 4.69) is 5.16 Å². The molecule has 0 fully saturated rings. The standard InChI is InChI=1S/C14H15NO4/c1-9-3-4-13(10(2)7-9)18-6-5-11-8-12(14(16)17)15-19-11/h3-4,7-8H,5-6H2,1-2H3,(H,16,17). The monoisotopic (exact) mass is 261 g/mol. The number of aromatic nitrogens is 1. The lowest BCUT2D eigenvalue weighted by Gasteiger charge is -2.08. The van der Waals surface area contributed by atoms with Crippen LogP contribution in [0.15, 0.2) is 28.8 Å². The minimum absolute atomic E-state index is 0.0819. The minimum atomic E-state index is -1.09. The molecule has 2 rings (SSSR count). The van der Waals surface area contributed by atoms with Gasteiger partial charge >= 0.3 is 5.97 Å². The predicted octanol–water partition coefficient (Wildman–Crippen LogP) is 2.61. The number of aryl methyl sites for hydroxylation is 2. The van der Waals surface area contributed by atoms with E-state index in [9.17, 15) is 4.79 Å². The van der Waals surface area contributed by atoms with Crippen LogP contribution in [0.5, 0.6) is 5.75 Å². The summed E-state index contributed by atoms with van der Waals surface area (Å²) in [6, 6.07) is 7.37. The lowest BCUT2D eigenvalue weighted by molar-refractivity contribution is 0.0685. The molecule has 19 heavy (non-hydrogen) atoms. The van der Waals surface area contributed by atoms with Gasteiger partial charge in [-0.15, -0.1) is 0 Å². The number of ether oxygens (including phenoxy) is 1. The van der Waals surface area contributed by atoms with Crippen LogP contribution in [-0.2, 0) is 6.42 Å². The summed E-state index contributed by atoms with van der Waals surface area (Å²) in [5.74, 6) is 0.232. The number of aromatic carboxylic acids is 1. The van der Waals surface area contributed by atoms with Crippen molar-refractivity contribution in [3.05, 3.63) is 46.8 Å². The molecule has 5 nitrogen and oxygen atoms in total. The van der Waals surface area contributed by atoms with Gasteiger partial charge in [-0.05, 0) is 25.5 Å². The molecule has 1 aromatic heterocycles. The maximum absolute atomic E-state index is 10.6. The fourth-order valence-electron chi connectivity index (χ4n) is 1.75. The van der Waals surface area contributed by atoms with E-state index in [0.29, 0.717) is 18.8 Å². The Hall–Kier alpha value is -2.30. The maximum Gasteiger partial charge on any atom is 0.358 e. The zero-order chi connectivity index (χ0) is 13.8. The van der Waals surface area contributed by atoms with Crippen LogP contribution in [0.2, 0.25) is 0 Å². The number of carboxylic acids is 1. The van der Waals surface area contributed by atoms with Crippen molar-refractivity contribution in [1.82, 2.24) is 5.16 Å². The van der Waals surface area contributed by atoms with Gasteiger partial charge in [-0.1, -0.05) is 22.9 Å². The van der Waals surface area contributed by atoms with Crippen LogP contribution in [0.1, 0.15) is 27.4 Å². The Labute approximate surface area is 110 Å². The third-order valence-corrected chi connectivity index (χ3v) is 2.71. The summed E-state index contributed by atoms with van der Waals surface area (Å²) in [7, 11) is 0. The predicted molar refractivity (Wildman–Crippen MR) is 68.6 cm³/mol. The average Bonchev–Trinajstić information content (AvgIpc) is 2.81. The molecule has 2 aromatic rings. The number of carbonyl (C=O) groups is 1. The van der Waals surface area contributed by atoms with Gasteiger partial charge in [0.1, 0.15) is 11.5 Å². The molecule has 1 heterocycles. The van der Waals surface area contributed by atoms with Crippen molar-refractivity contribution >= 4 is 5.97 Å². The Bertz CT molecular complexity index is 589. The third-order valence-electron chi connectivity index (χ3n) is 2.71. The topological polar surface area (TPSA) is 72.6 Å².